The van der Waals surface area contributed by atoms with E-state index < -0.39 is 0 Å². The van der Waals surface area contributed by atoms with E-state index in [1.807, 2.05) is 27.0 Å². The van der Waals surface area contributed by atoms with Gasteiger partial charge in [-0.15, -0.1) is 0 Å². The molecule has 3 heteroatoms. The summed E-state index contributed by atoms with van der Waals surface area (Å²) >= 11 is 0. The van der Waals surface area contributed by atoms with E-state index in [4.69, 9.17) is 0 Å². The summed E-state index contributed by atoms with van der Waals surface area (Å²) < 4.78 is 2.09. The summed E-state index contributed by atoms with van der Waals surface area (Å²) in [5, 5.41) is 0. The van der Waals surface area contributed by atoms with Crippen LogP contribution in [0.5, 0.6) is 0 Å². The number of ketones is 1. The molecule has 0 aromatic carbocycles. The number of hydrogen-bond donors (Lipinski definition) is 0. The average Bonchev–Trinajstić information content (AvgIpc) is 3.12. The summed E-state index contributed by atoms with van der Waals surface area (Å²) in [6.45, 7) is 8.83. The van der Waals surface area contributed by atoms with Gasteiger partial charge in [0.15, 0.2) is 5.78 Å². The first kappa shape index (κ1) is 13.3. The lowest BCUT2D eigenvalue weighted by Crippen LogP contribution is -2.31. The molecule has 18 heavy (non-hydrogen) atoms. The molecule has 100 valence electrons. The molecule has 0 spiro atoms. The normalized spacial score (nSPS) is 15.4. The molecule has 0 radical (unpaired) electrons. The summed E-state index contributed by atoms with van der Waals surface area (Å²) in [6.07, 6.45) is 2.68. The zero-order valence-electron chi connectivity index (χ0n) is 12.0. The van der Waals surface area contributed by atoms with Gasteiger partial charge in [-0.2, -0.15) is 0 Å². The predicted octanol–water partition coefficient (Wildman–Crippen LogP) is 2.56. The minimum Gasteiger partial charge on any atom is -0.351 e. The molecule has 1 aliphatic carbocycles. The fraction of sp³-hybridized carbons (Fsp3) is 0.667. The van der Waals surface area contributed by atoms with Crippen LogP contribution in [0.2, 0.25) is 0 Å². The number of aromatic nitrogens is 1. The zero-order valence-corrected chi connectivity index (χ0v) is 12.0. The van der Waals surface area contributed by atoms with Crippen molar-refractivity contribution in [2.75, 3.05) is 19.6 Å². The monoisotopic (exact) mass is 248 g/mol. The van der Waals surface area contributed by atoms with Crippen molar-refractivity contribution in [3.8, 4) is 0 Å². The first-order valence-electron chi connectivity index (χ1n) is 6.91. The molecule has 0 bridgehead atoms. The van der Waals surface area contributed by atoms with Crippen LogP contribution in [0.25, 0.3) is 0 Å². The number of aryl methyl sites for hydroxylation is 1. The van der Waals surface area contributed by atoms with E-state index in [0.29, 0.717) is 6.54 Å². The second-order valence-corrected chi connectivity index (χ2v) is 5.54. The fourth-order valence-corrected chi connectivity index (χ4v) is 2.40. The highest BCUT2D eigenvalue weighted by Crippen LogP contribution is 2.29. The lowest BCUT2D eigenvalue weighted by atomic mass is 10.1. The van der Waals surface area contributed by atoms with E-state index in [0.717, 1.165) is 36.0 Å². The highest BCUT2D eigenvalue weighted by Gasteiger charge is 2.25. The summed E-state index contributed by atoms with van der Waals surface area (Å²) in [5.41, 5.74) is 3.13. The first-order valence-corrected chi connectivity index (χ1v) is 6.91. The van der Waals surface area contributed by atoms with Crippen LogP contribution < -0.4 is 0 Å². The molecule has 1 saturated carbocycles. The second kappa shape index (κ2) is 5.27. The Labute approximate surface area is 110 Å². The number of nitrogens with zero attached hydrogens (tertiary/aromatic N) is 2. The first-order chi connectivity index (χ1) is 8.52. The van der Waals surface area contributed by atoms with Crippen LogP contribution in [0.4, 0.5) is 0 Å². The molecule has 0 atom stereocenters. The number of likely N-dealkylation sites (N-methyl/N-ethyl adjacent to an activating group) is 1. The van der Waals surface area contributed by atoms with E-state index in [-0.39, 0.29) is 5.78 Å². The third kappa shape index (κ3) is 2.83. The molecule has 2 rings (SSSR count). The van der Waals surface area contributed by atoms with Gasteiger partial charge < -0.3 is 4.57 Å². The van der Waals surface area contributed by atoms with Gasteiger partial charge in [0.1, 0.15) is 0 Å². The summed E-state index contributed by atoms with van der Waals surface area (Å²) in [6, 6.07) is 2.02. The van der Waals surface area contributed by atoms with Crippen molar-refractivity contribution < 1.29 is 4.79 Å². The Morgan fingerprint density at radius 3 is 2.56 bits per heavy atom. The molecule has 1 fully saturated rings. The number of hydrogen-bond acceptors (Lipinski definition) is 2. The van der Waals surface area contributed by atoms with Crippen LogP contribution >= 0.6 is 0 Å². The minimum atomic E-state index is 0.263. The quantitative estimate of drug-likeness (QED) is 0.723. The molecule has 0 aliphatic heterocycles. The Kier molecular flexibility index (Phi) is 3.91. The van der Waals surface area contributed by atoms with E-state index in [1.165, 1.54) is 12.8 Å². The Hall–Kier alpha value is -1.09. The number of rotatable bonds is 6. The minimum absolute atomic E-state index is 0.263. The molecule has 0 unspecified atom stereocenters. The molecule has 0 N–H and O–H groups in total. The van der Waals surface area contributed by atoms with E-state index >= 15 is 0 Å². The van der Waals surface area contributed by atoms with Crippen molar-refractivity contribution in [3.05, 3.63) is 23.0 Å². The lowest BCUT2D eigenvalue weighted by Gasteiger charge is -2.19. The van der Waals surface area contributed by atoms with Gasteiger partial charge in [0, 0.05) is 30.5 Å². The van der Waals surface area contributed by atoms with Gasteiger partial charge in [0.25, 0.3) is 0 Å². The summed E-state index contributed by atoms with van der Waals surface area (Å²) in [7, 11) is 2.02. The van der Waals surface area contributed by atoms with Gasteiger partial charge in [0.2, 0.25) is 0 Å². The van der Waals surface area contributed by atoms with Crippen molar-refractivity contribution in [2.45, 2.75) is 33.6 Å². The fourth-order valence-electron chi connectivity index (χ4n) is 2.40. The lowest BCUT2D eigenvalue weighted by molar-refractivity contribution is 0.0930. The molecule has 1 aromatic heterocycles. The predicted molar refractivity (Wildman–Crippen MR) is 74.1 cm³/mol. The molecular formula is C15H24N2O. The molecule has 3 nitrogen and oxygen atoms in total. The Morgan fingerprint density at radius 2 is 2.11 bits per heavy atom. The van der Waals surface area contributed by atoms with Crippen molar-refractivity contribution >= 4 is 5.78 Å². The van der Waals surface area contributed by atoms with Crippen LogP contribution in [-0.2, 0) is 7.05 Å². The molecule has 0 saturated heterocycles. The Bertz CT molecular complexity index is 444. The maximum atomic E-state index is 12.3. The van der Waals surface area contributed by atoms with Crippen molar-refractivity contribution in [1.29, 1.82) is 0 Å². The van der Waals surface area contributed by atoms with Crippen LogP contribution in [0, 0.1) is 19.8 Å². The average molecular weight is 248 g/mol. The molecular weight excluding hydrogens is 224 g/mol. The van der Waals surface area contributed by atoms with Crippen LogP contribution in [-0.4, -0.2) is 34.9 Å². The van der Waals surface area contributed by atoms with Crippen LogP contribution in [0.3, 0.4) is 0 Å². The van der Waals surface area contributed by atoms with Gasteiger partial charge in [0.05, 0.1) is 6.54 Å². The third-order valence-electron chi connectivity index (χ3n) is 4.10. The third-order valence-corrected chi connectivity index (χ3v) is 4.10. The van der Waals surface area contributed by atoms with Gasteiger partial charge in [-0.05, 0) is 45.2 Å². The number of carbonyl (C=O) groups excluding carboxylic acids is 1. The molecule has 1 aromatic rings. The van der Waals surface area contributed by atoms with E-state index in [2.05, 4.69) is 16.4 Å². The van der Waals surface area contributed by atoms with Crippen molar-refractivity contribution in [3.63, 3.8) is 0 Å². The van der Waals surface area contributed by atoms with Gasteiger partial charge in [-0.1, -0.05) is 6.92 Å². The highest BCUT2D eigenvalue weighted by atomic mass is 16.1. The standard InChI is InChI=1S/C15H24N2O/c1-5-17(9-13-6-7-13)10-15(18)14-8-11(2)16(4)12(14)3/h8,13H,5-7,9-10H2,1-4H3. The SMILES string of the molecule is CCN(CC(=O)c1cc(C)n(C)c1C)CC1CC1. The topological polar surface area (TPSA) is 25.2 Å². The van der Waals surface area contributed by atoms with Crippen molar-refractivity contribution in [2.24, 2.45) is 13.0 Å². The summed E-state index contributed by atoms with van der Waals surface area (Å²) in [5.74, 6) is 1.11. The number of carbonyl (C=O) groups is 1. The maximum Gasteiger partial charge on any atom is 0.178 e. The van der Waals surface area contributed by atoms with Gasteiger partial charge in [-0.25, -0.2) is 0 Å². The Balaban J connectivity index is 2.03. The molecule has 1 heterocycles. The van der Waals surface area contributed by atoms with E-state index in [1.54, 1.807) is 0 Å². The molecule has 0 amide bonds. The zero-order chi connectivity index (χ0) is 13.3. The van der Waals surface area contributed by atoms with E-state index in [9.17, 15) is 4.79 Å². The maximum absolute atomic E-state index is 12.3. The number of Topliss-reactive ketones (excluding diaryl/α,β-unsaturated/α-hetero) is 1. The largest absolute Gasteiger partial charge is 0.351 e. The Morgan fingerprint density at radius 1 is 1.44 bits per heavy atom. The van der Waals surface area contributed by atoms with Gasteiger partial charge in [-0.3, -0.25) is 9.69 Å². The molecule has 1 aliphatic rings. The van der Waals surface area contributed by atoms with Gasteiger partial charge >= 0.3 is 0 Å². The smallest absolute Gasteiger partial charge is 0.178 e. The van der Waals surface area contributed by atoms with Crippen molar-refractivity contribution in [1.82, 2.24) is 9.47 Å². The highest BCUT2D eigenvalue weighted by molar-refractivity contribution is 5.99. The second-order valence-electron chi connectivity index (χ2n) is 5.54. The summed E-state index contributed by atoms with van der Waals surface area (Å²) in [4.78, 5) is 14.6. The van der Waals surface area contributed by atoms with Crippen LogP contribution in [0.15, 0.2) is 6.07 Å². The van der Waals surface area contributed by atoms with Crippen LogP contribution in [0.1, 0.15) is 41.5 Å².